The van der Waals surface area contributed by atoms with Gasteiger partial charge in [-0.1, -0.05) is 18.2 Å². The maximum absolute atomic E-state index is 13.0. The Hall–Kier alpha value is -1.61. The molecule has 1 aromatic heterocycles. The third kappa shape index (κ3) is 2.11. The molecule has 1 amide bonds. The summed E-state index contributed by atoms with van der Waals surface area (Å²) < 4.78 is 0. The van der Waals surface area contributed by atoms with Gasteiger partial charge in [-0.15, -0.1) is 11.6 Å². The minimum Gasteiger partial charge on any atom is -0.333 e. The topological polar surface area (TPSA) is 33.2 Å². The minimum atomic E-state index is 0.143. The van der Waals surface area contributed by atoms with E-state index in [0.29, 0.717) is 12.1 Å². The molecule has 3 nitrogen and oxygen atoms in total. The molecule has 1 aromatic carbocycles. The average Bonchev–Trinajstić information content (AvgIpc) is 2.78. The molecule has 2 fully saturated rings. The monoisotopic (exact) mass is 300 g/mol. The number of para-hydroxylation sites is 1. The number of benzene rings is 1. The lowest BCUT2D eigenvalue weighted by Gasteiger charge is -2.37. The van der Waals surface area contributed by atoms with Crippen molar-refractivity contribution in [1.82, 2.24) is 9.88 Å². The van der Waals surface area contributed by atoms with E-state index in [9.17, 15) is 4.79 Å². The minimum absolute atomic E-state index is 0.143. The number of halogens is 1. The number of rotatable bonds is 1. The number of amides is 1. The first-order chi connectivity index (χ1) is 10.2. The van der Waals surface area contributed by atoms with Crippen molar-refractivity contribution in [1.29, 1.82) is 0 Å². The highest BCUT2D eigenvalue weighted by molar-refractivity contribution is 6.20. The summed E-state index contributed by atoms with van der Waals surface area (Å²) in [5, 5.41) is 1.16. The Morgan fingerprint density at radius 2 is 1.86 bits per heavy atom. The summed E-state index contributed by atoms with van der Waals surface area (Å²) in [4.78, 5) is 19.5. The molecule has 4 rings (SSSR count). The fourth-order valence-electron chi connectivity index (χ4n) is 3.86. The van der Waals surface area contributed by atoms with Crippen LogP contribution in [0.2, 0.25) is 0 Å². The highest BCUT2D eigenvalue weighted by Gasteiger charge is 2.43. The van der Waals surface area contributed by atoms with Gasteiger partial charge < -0.3 is 4.90 Å². The van der Waals surface area contributed by atoms with Crippen molar-refractivity contribution in [3.05, 3.63) is 42.1 Å². The Kier molecular flexibility index (Phi) is 3.11. The van der Waals surface area contributed by atoms with E-state index in [0.717, 1.165) is 42.1 Å². The summed E-state index contributed by atoms with van der Waals surface area (Å²) in [5.41, 5.74) is 1.65. The molecule has 108 valence electrons. The van der Waals surface area contributed by atoms with Crippen LogP contribution in [-0.4, -0.2) is 33.3 Å². The maximum atomic E-state index is 13.0. The molecular weight excluding hydrogens is 284 g/mol. The molecule has 0 N–H and O–H groups in total. The summed E-state index contributed by atoms with van der Waals surface area (Å²) in [6.45, 7) is 0. The molecule has 3 heterocycles. The number of fused-ring (bicyclic) bond motifs is 3. The summed E-state index contributed by atoms with van der Waals surface area (Å²) in [7, 11) is 0. The van der Waals surface area contributed by atoms with Gasteiger partial charge >= 0.3 is 0 Å². The highest BCUT2D eigenvalue weighted by atomic mass is 35.5. The molecule has 0 saturated carbocycles. The standard InChI is InChI=1S/C17H17ClN2O/c18-11-9-12-5-6-13(10-11)20(12)17(21)15-7-8-19-16-4-2-1-3-14(15)16/h1-4,7-8,11-13H,5-6,9-10H2. The molecule has 4 heteroatoms. The summed E-state index contributed by atoms with van der Waals surface area (Å²) in [6, 6.07) is 10.3. The molecule has 2 atom stereocenters. The van der Waals surface area contributed by atoms with Crippen LogP contribution >= 0.6 is 11.6 Å². The molecule has 2 aliphatic rings. The number of pyridine rings is 1. The third-order valence-corrected chi connectivity index (χ3v) is 5.15. The van der Waals surface area contributed by atoms with Crippen LogP contribution in [-0.2, 0) is 0 Å². The number of piperidine rings is 1. The van der Waals surface area contributed by atoms with Crippen molar-refractivity contribution in [3.63, 3.8) is 0 Å². The Morgan fingerprint density at radius 1 is 1.14 bits per heavy atom. The molecule has 2 saturated heterocycles. The maximum Gasteiger partial charge on any atom is 0.255 e. The van der Waals surface area contributed by atoms with Crippen molar-refractivity contribution >= 4 is 28.4 Å². The van der Waals surface area contributed by atoms with Gasteiger partial charge in [0.05, 0.1) is 11.1 Å². The number of hydrogen-bond acceptors (Lipinski definition) is 2. The van der Waals surface area contributed by atoms with E-state index in [2.05, 4.69) is 9.88 Å². The second-order valence-corrected chi connectivity index (χ2v) is 6.66. The molecule has 0 radical (unpaired) electrons. The lowest BCUT2D eigenvalue weighted by Crippen LogP contribution is -2.47. The van der Waals surface area contributed by atoms with Crippen LogP contribution in [0.25, 0.3) is 10.9 Å². The second-order valence-electron chi connectivity index (χ2n) is 6.04. The van der Waals surface area contributed by atoms with Crippen LogP contribution in [0.1, 0.15) is 36.0 Å². The van der Waals surface area contributed by atoms with E-state index in [1.807, 2.05) is 30.3 Å². The Labute approximate surface area is 128 Å². The van der Waals surface area contributed by atoms with E-state index < -0.39 is 0 Å². The predicted molar refractivity (Wildman–Crippen MR) is 83.6 cm³/mol. The first kappa shape index (κ1) is 13.1. The molecule has 2 aromatic rings. The molecule has 0 aliphatic carbocycles. The fraction of sp³-hybridized carbons (Fsp3) is 0.412. The van der Waals surface area contributed by atoms with Crippen LogP contribution < -0.4 is 0 Å². The van der Waals surface area contributed by atoms with Gasteiger partial charge in [0.1, 0.15) is 0 Å². The van der Waals surface area contributed by atoms with Crippen LogP contribution in [0.15, 0.2) is 36.5 Å². The van der Waals surface area contributed by atoms with Crippen LogP contribution in [0.3, 0.4) is 0 Å². The summed E-state index contributed by atoms with van der Waals surface area (Å²) in [5.74, 6) is 0.143. The van der Waals surface area contributed by atoms with Crippen LogP contribution in [0.4, 0.5) is 0 Å². The van der Waals surface area contributed by atoms with Gasteiger partial charge in [-0.25, -0.2) is 0 Å². The highest BCUT2D eigenvalue weighted by Crippen LogP contribution is 2.39. The van der Waals surface area contributed by atoms with Crippen molar-refractivity contribution < 1.29 is 4.79 Å². The lowest BCUT2D eigenvalue weighted by atomic mass is 10.00. The Balaban J connectivity index is 1.74. The van der Waals surface area contributed by atoms with Gasteiger partial charge in [-0.3, -0.25) is 9.78 Å². The molecule has 2 unspecified atom stereocenters. The van der Waals surface area contributed by atoms with Crippen LogP contribution in [0.5, 0.6) is 0 Å². The first-order valence-electron chi connectivity index (χ1n) is 7.54. The number of nitrogens with zero attached hydrogens (tertiary/aromatic N) is 2. The molecule has 0 spiro atoms. The quantitative estimate of drug-likeness (QED) is 0.754. The number of carbonyl (C=O) groups excluding carboxylic acids is 1. The van der Waals surface area contributed by atoms with Crippen LogP contribution in [0, 0.1) is 0 Å². The van der Waals surface area contributed by atoms with E-state index in [1.54, 1.807) is 6.20 Å². The van der Waals surface area contributed by atoms with Crippen molar-refractivity contribution in [3.8, 4) is 0 Å². The van der Waals surface area contributed by atoms with Gasteiger partial charge in [0.15, 0.2) is 0 Å². The molecular formula is C17H17ClN2O. The molecule has 2 bridgehead atoms. The smallest absolute Gasteiger partial charge is 0.255 e. The Morgan fingerprint density at radius 3 is 2.62 bits per heavy atom. The molecule has 2 aliphatic heterocycles. The second kappa shape index (κ2) is 4.99. The number of alkyl halides is 1. The van der Waals surface area contributed by atoms with E-state index in [-0.39, 0.29) is 11.3 Å². The SMILES string of the molecule is O=C(c1ccnc2ccccc12)N1C2CCC1CC(Cl)C2. The van der Waals surface area contributed by atoms with Crippen molar-refractivity contribution in [2.75, 3.05) is 0 Å². The Bertz CT molecular complexity index is 683. The predicted octanol–water partition coefficient (Wildman–Crippen LogP) is 3.61. The van der Waals surface area contributed by atoms with E-state index >= 15 is 0 Å². The lowest BCUT2D eigenvalue weighted by molar-refractivity contribution is 0.0601. The van der Waals surface area contributed by atoms with Gasteiger partial charge in [0.25, 0.3) is 5.91 Å². The normalized spacial score (nSPS) is 28.0. The van der Waals surface area contributed by atoms with Crippen molar-refractivity contribution in [2.24, 2.45) is 0 Å². The number of hydrogen-bond donors (Lipinski definition) is 0. The van der Waals surface area contributed by atoms with Gasteiger partial charge in [-0.05, 0) is 37.8 Å². The average molecular weight is 301 g/mol. The molecule has 21 heavy (non-hydrogen) atoms. The largest absolute Gasteiger partial charge is 0.333 e. The zero-order valence-electron chi connectivity index (χ0n) is 11.7. The zero-order valence-corrected chi connectivity index (χ0v) is 12.5. The van der Waals surface area contributed by atoms with Gasteiger partial charge in [-0.2, -0.15) is 0 Å². The summed E-state index contributed by atoms with van der Waals surface area (Å²) >= 11 is 6.31. The fourth-order valence-corrected chi connectivity index (χ4v) is 4.28. The van der Waals surface area contributed by atoms with E-state index in [1.165, 1.54) is 0 Å². The number of aromatic nitrogens is 1. The summed E-state index contributed by atoms with van der Waals surface area (Å²) in [6.07, 6.45) is 5.75. The first-order valence-corrected chi connectivity index (χ1v) is 7.98. The third-order valence-electron chi connectivity index (χ3n) is 4.79. The zero-order chi connectivity index (χ0) is 14.4. The van der Waals surface area contributed by atoms with Gasteiger partial charge in [0, 0.05) is 29.0 Å². The number of carbonyl (C=O) groups is 1. The van der Waals surface area contributed by atoms with Gasteiger partial charge in [0.2, 0.25) is 0 Å². The van der Waals surface area contributed by atoms with Crippen molar-refractivity contribution in [2.45, 2.75) is 43.1 Å². The van der Waals surface area contributed by atoms with E-state index in [4.69, 9.17) is 11.6 Å².